The second-order valence-corrected chi connectivity index (χ2v) is 5.41. The summed E-state index contributed by atoms with van der Waals surface area (Å²) in [7, 11) is 1.38. The maximum atomic E-state index is 11.6. The molecule has 1 aromatic heterocycles. The van der Waals surface area contributed by atoms with E-state index in [1.165, 1.54) is 24.0 Å². The van der Waals surface area contributed by atoms with Gasteiger partial charge in [-0.15, -0.1) is 11.3 Å². The number of methoxy groups -OCH3 is 1. The van der Waals surface area contributed by atoms with E-state index in [0.717, 1.165) is 17.2 Å². The molecular weight excluding hydrogens is 262 g/mol. The Kier molecular flexibility index (Phi) is 2.98. The zero-order chi connectivity index (χ0) is 13.4. The predicted molar refractivity (Wildman–Crippen MR) is 71.7 cm³/mol. The second kappa shape index (κ2) is 4.66. The number of hydrogen-bond donors (Lipinski definition) is 0. The van der Waals surface area contributed by atoms with Crippen LogP contribution in [0.2, 0.25) is 0 Å². The van der Waals surface area contributed by atoms with Gasteiger partial charge in [0.2, 0.25) is 0 Å². The number of aromatic nitrogens is 1. The van der Waals surface area contributed by atoms with E-state index in [2.05, 4.69) is 11.1 Å². The molecule has 0 bridgehead atoms. The summed E-state index contributed by atoms with van der Waals surface area (Å²) in [5.41, 5.74) is 1.88. The summed E-state index contributed by atoms with van der Waals surface area (Å²) in [6, 6.07) is 7.96. The monoisotopic (exact) mass is 275 g/mol. The van der Waals surface area contributed by atoms with Crippen LogP contribution in [0.25, 0.3) is 0 Å². The molecule has 1 aromatic carbocycles. The molecule has 0 fully saturated rings. The zero-order valence-corrected chi connectivity index (χ0v) is 11.5. The molecule has 0 aliphatic carbocycles. The van der Waals surface area contributed by atoms with Gasteiger partial charge in [0.05, 0.1) is 12.8 Å². The van der Waals surface area contributed by atoms with E-state index in [1.54, 1.807) is 0 Å². The van der Waals surface area contributed by atoms with Crippen LogP contribution in [0.15, 0.2) is 24.3 Å². The van der Waals surface area contributed by atoms with Crippen LogP contribution < -0.4 is 4.74 Å². The lowest BCUT2D eigenvalue weighted by molar-refractivity contribution is 0.0605. The standard InChI is InChI=1S/C14H13NO3S/c1-8-12(14(16)17-2)19-13(15-8)11-7-9-5-3-4-6-10(9)18-11/h3-6,11H,7H2,1-2H3. The number of thiazole rings is 1. The molecule has 3 rings (SSSR count). The van der Waals surface area contributed by atoms with Crippen LogP contribution in [0.5, 0.6) is 5.75 Å². The lowest BCUT2D eigenvalue weighted by Gasteiger charge is -2.06. The maximum absolute atomic E-state index is 11.6. The van der Waals surface area contributed by atoms with Crippen molar-refractivity contribution in [1.82, 2.24) is 4.98 Å². The van der Waals surface area contributed by atoms with Crippen molar-refractivity contribution in [3.05, 3.63) is 45.4 Å². The Bertz CT molecular complexity index is 610. The largest absolute Gasteiger partial charge is 0.483 e. The highest BCUT2D eigenvalue weighted by Crippen LogP contribution is 2.38. The molecule has 1 unspecified atom stereocenters. The SMILES string of the molecule is COC(=O)c1sc(C2Cc3ccccc3O2)nc1C. The van der Waals surface area contributed by atoms with Crippen LogP contribution in [0.1, 0.15) is 32.0 Å². The van der Waals surface area contributed by atoms with Crippen molar-refractivity contribution >= 4 is 17.3 Å². The summed E-state index contributed by atoms with van der Waals surface area (Å²) in [6.07, 6.45) is 0.698. The van der Waals surface area contributed by atoms with Gasteiger partial charge in [0.15, 0.2) is 6.10 Å². The number of aryl methyl sites for hydroxylation is 1. The number of carbonyl (C=O) groups is 1. The van der Waals surface area contributed by atoms with E-state index in [1.807, 2.05) is 25.1 Å². The van der Waals surface area contributed by atoms with Crippen molar-refractivity contribution in [3.63, 3.8) is 0 Å². The maximum Gasteiger partial charge on any atom is 0.349 e. The third-order valence-corrected chi connectivity index (χ3v) is 4.34. The van der Waals surface area contributed by atoms with Gasteiger partial charge in [-0.25, -0.2) is 9.78 Å². The minimum absolute atomic E-state index is 0.0977. The lowest BCUT2D eigenvalue weighted by Crippen LogP contribution is -2.02. The molecule has 98 valence electrons. The van der Waals surface area contributed by atoms with Crippen LogP contribution >= 0.6 is 11.3 Å². The fraction of sp³-hybridized carbons (Fsp3) is 0.286. The zero-order valence-electron chi connectivity index (χ0n) is 10.7. The second-order valence-electron chi connectivity index (χ2n) is 4.38. The topological polar surface area (TPSA) is 48.4 Å². The number of ether oxygens (including phenoxy) is 2. The molecule has 1 aliphatic rings. The molecule has 19 heavy (non-hydrogen) atoms. The summed E-state index contributed by atoms with van der Waals surface area (Å²) >= 11 is 1.35. The fourth-order valence-electron chi connectivity index (χ4n) is 2.16. The molecule has 0 amide bonds. The summed E-state index contributed by atoms with van der Waals surface area (Å²) in [5, 5.41) is 0.828. The molecule has 1 aliphatic heterocycles. The Balaban J connectivity index is 1.88. The van der Waals surface area contributed by atoms with Gasteiger partial charge in [-0.2, -0.15) is 0 Å². The van der Waals surface area contributed by atoms with Crippen LogP contribution in [0.4, 0.5) is 0 Å². The molecule has 0 saturated heterocycles. The minimum Gasteiger partial charge on any atom is -0.483 e. The quantitative estimate of drug-likeness (QED) is 0.791. The highest BCUT2D eigenvalue weighted by Gasteiger charge is 2.28. The first kappa shape index (κ1) is 12.2. The van der Waals surface area contributed by atoms with Crippen LogP contribution in [-0.4, -0.2) is 18.1 Å². The average molecular weight is 275 g/mol. The highest BCUT2D eigenvalue weighted by atomic mass is 32.1. The first-order valence-corrected chi connectivity index (χ1v) is 6.81. The van der Waals surface area contributed by atoms with E-state index >= 15 is 0 Å². The lowest BCUT2D eigenvalue weighted by atomic mass is 10.1. The number of benzene rings is 1. The van der Waals surface area contributed by atoms with Gasteiger partial charge in [0, 0.05) is 6.42 Å². The molecule has 0 N–H and O–H groups in total. The summed E-state index contributed by atoms with van der Waals surface area (Å²) in [6.45, 7) is 1.81. The highest BCUT2D eigenvalue weighted by molar-refractivity contribution is 7.13. The van der Waals surface area contributed by atoms with Gasteiger partial charge in [-0.05, 0) is 18.6 Å². The number of nitrogens with zero attached hydrogens (tertiary/aromatic N) is 1. The molecule has 5 heteroatoms. The summed E-state index contributed by atoms with van der Waals surface area (Å²) in [5.74, 6) is 0.566. The first-order valence-electron chi connectivity index (χ1n) is 5.99. The van der Waals surface area contributed by atoms with Crippen LogP contribution in [-0.2, 0) is 11.2 Å². The van der Waals surface area contributed by atoms with Gasteiger partial charge in [-0.3, -0.25) is 0 Å². The molecule has 0 spiro atoms. The smallest absolute Gasteiger partial charge is 0.349 e. The molecule has 0 saturated carbocycles. The Labute approximate surface area is 115 Å². The Morgan fingerprint density at radius 1 is 1.47 bits per heavy atom. The van der Waals surface area contributed by atoms with Crippen molar-refractivity contribution < 1.29 is 14.3 Å². The molecular formula is C14H13NO3S. The normalized spacial score (nSPS) is 16.8. The van der Waals surface area contributed by atoms with E-state index < -0.39 is 0 Å². The molecule has 2 heterocycles. The fourth-order valence-corrected chi connectivity index (χ4v) is 3.17. The minimum atomic E-state index is -0.336. The molecule has 4 nitrogen and oxygen atoms in total. The van der Waals surface area contributed by atoms with Crippen LogP contribution in [0, 0.1) is 6.92 Å². The van der Waals surface area contributed by atoms with E-state index in [0.29, 0.717) is 10.6 Å². The number of esters is 1. The van der Waals surface area contributed by atoms with E-state index in [-0.39, 0.29) is 12.1 Å². The number of carbonyl (C=O) groups excluding carboxylic acids is 1. The van der Waals surface area contributed by atoms with Gasteiger partial charge in [-0.1, -0.05) is 18.2 Å². The number of hydrogen-bond acceptors (Lipinski definition) is 5. The summed E-state index contributed by atoms with van der Waals surface area (Å²) < 4.78 is 10.6. The van der Waals surface area contributed by atoms with Gasteiger partial charge in [0.1, 0.15) is 15.6 Å². The van der Waals surface area contributed by atoms with Crippen molar-refractivity contribution in [2.24, 2.45) is 0 Å². The first-order chi connectivity index (χ1) is 9.19. The van der Waals surface area contributed by atoms with Crippen LogP contribution in [0.3, 0.4) is 0 Å². The third-order valence-electron chi connectivity index (χ3n) is 3.11. The Morgan fingerprint density at radius 2 is 2.26 bits per heavy atom. The van der Waals surface area contributed by atoms with Crippen molar-refractivity contribution in [2.45, 2.75) is 19.4 Å². The number of para-hydroxylation sites is 1. The van der Waals surface area contributed by atoms with Crippen molar-refractivity contribution in [1.29, 1.82) is 0 Å². The summed E-state index contributed by atoms with van der Waals surface area (Å²) in [4.78, 5) is 16.6. The molecule has 2 aromatic rings. The Hall–Kier alpha value is -1.88. The van der Waals surface area contributed by atoms with Gasteiger partial charge in [0.25, 0.3) is 0 Å². The van der Waals surface area contributed by atoms with E-state index in [4.69, 9.17) is 9.47 Å². The van der Waals surface area contributed by atoms with Crippen molar-refractivity contribution in [3.8, 4) is 5.75 Å². The predicted octanol–water partition coefficient (Wildman–Crippen LogP) is 2.91. The van der Waals surface area contributed by atoms with Gasteiger partial charge < -0.3 is 9.47 Å². The van der Waals surface area contributed by atoms with Crippen molar-refractivity contribution in [2.75, 3.05) is 7.11 Å². The number of fused-ring (bicyclic) bond motifs is 1. The Morgan fingerprint density at radius 3 is 3.00 bits per heavy atom. The molecule has 1 atom stereocenters. The van der Waals surface area contributed by atoms with Gasteiger partial charge >= 0.3 is 5.97 Å². The average Bonchev–Trinajstić information content (AvgIpc) is 3.00. The molecule has 0 radical (unpaired) electrons. The third kappa shape index (κ3) is 2.10. The van der Waals surface area contributed by atoms with E-state index in [9.17, 15) is 4.79 Å². The number of rotatable bonds is 2.